The molecule has 1 aliphatic heterocycles. The van der Waals surface area contributed by atoms with E-state index in [4.69, 9.17) is 5.73 Å². The molecule has 3 heterocycles. The van der Waals surface area contributed by atoms with Gasteiger partial charge in [-0.15, -0.1) is 11.3 Å². The number of thiophene rings is 1. The summed E-state index contributed by atoms with van der Waals surface area (Å²) >= 11 is 3.34. The number of amides is 1. The molecular formula is C14H17N3OS2. The molecule has 3 rings (SSSR count). The third-order valence-electron chi connectivity index (χ3n) is 3.61. The molecule has 6 heteroatoms. The van der Waals surface area contributed by atoms with Gasteiger partial charge in [-0.3, -0.25) is 9.78 Å². The first kappa shape index (κ1) is 13.7. The summed E-state index contributed by atoms with van der Waals surface area (Å²) in [5, 5.41) is 3.03. The highest BCUT2D eigenvalue weighted by atomic mass is 32.2. The Hall–Kier alpha value is -1.27. The second-order valence-corrected chi connectivity index (χ2v) is 8.01. The molecule has 0 radical (unpaired) electrons. The summed E-state index contributed by atoms with van der Waals surface area (Å²) in [7, 11) is 0. The maximum Gasteiger partial charge on any atom is 0.263 e. The molecule has 0 bridgehead atoms. The lowest BCUT2D eigenvalue weighted by molar-refractivity contribution is 0.0955. The number of thioether (sulfide) groups is 1. The van der Waals surface area contributed by atoms with Gasteiger partial charge in [-0.2, -0.15) is 11.8 Å². The molecule has 0 aliphatic carbocycles. The van der Waals surface area contributed by atoms with Crippen LogP contribution in [0.15, 0.2) is 18.3 Å². The van der Waals surface area contributed by atoms with E-state index in [0.29, 0.717) is 17.1 Å². The van der Waals surface area contributed by atoms with Crippen LogP contribution in [0.1, 0.15) is 29.4 Å². The molecule has 2 aromatic rings. The van der Waals surface area contributed by atoms with Crippen LogP contribution in [0.5, 0.6) is 0 Å². The van der Waals surface area contributed by atoms with E-state index in [-0.39, 0.29) is 10.7 Å². The van der Waals surface area contributed by atoms with Gasteiger partial charge in [0.1, 0.15) is 10.4 Å². The van der Waals surface area contributed by atoms with Crippen molar-refractivity contribution in [2.45, 2.75) is 24.5 Å². The molecule has 20 heavy (non-hydrogen) atoms. The van der Waals surface area contributed by atoms with Crippen molar-refractivity contribution in [2.75, 3.05) is 18.0 Å². The van der Waals surface area contributed by atoms with Crippen LogP contribution in [-0.4, -0.2) is 27.9 Å². The first-order valence-electron chi connectivity index (χ1n) is 6.64. The molecule has 1 amide bonds. The van der Waals surface area contributed by atoms with Crippen molar-refractivity contribution in [1.29, 1.82) is 0 Å². The van der Waals surface area contributed by atoms with E-state index in [9.17, 15) is 4.79 Å². The quantitative estimate of drug-likeness (QED) is 0.915. The Balaban J connectivity index is 1.77. The fourth-order valence-corrected chi connectivity index (χ4v) is 4.68. The molecule has 2 aromatic heterocycles. The first-order valence-corrected chi connectivity index (χ1v) is 8.44. The highest BCUT2D eigenvalue weighted by Crippen LogP contribution is 2.37. The lowest BCUT2D eigenvalue weighted by Crippen LogP contribution is -2.36. The van der Waals surface area contributed by atoms with Crippen LogP contribution in [0.3, 0.4) is 0 Å². The Kier molecular flexibility index (Phi) is 3.60. The lowest BCUT2D eigenvalue weighted by atomic mass is 10.1. The third kappa shape index (κ3) is 2.50. The van der Waals surface area contributed by atoms with E-state index in [1.165, 1.54) is 23.5 Å². The van der Waals surface area contributed by atoms with E-state index < -0.39 is 0 Å². The summed E-state index contributed by atoms with van der Waals surface area (Å²) in [6, 6.07) is 3.80. The zero-order valence-electron chi connectivity index (χ0n) is 11.3. The summed E-state index contributed by atoms with van der Waals surface area (Å²) in [6.45, 7) is 2.90. The number of pyridine rings is 1. The number of anilines is 1. The molecule has 1 atom stereocenters. The van der Waals surface area contributed by atoms with Gasteiger partial charge in [0.25, 0.3) is 5.91 Å². The van der Waals surface area contributed by atoms with Gasteiger partial charge >= 0.3 is 0 Å². The third-order valence-corrected chi connectivity index (χ3v) is 6.31. The van der Waals surface area contributed by atoms with Crippen molar-refractivity contribution in [2.24, 2.45) is 0 Å². The zero-order valence-corrected chi connectivity index (χ0v) is 12.9. The van der Waals surface area contributed by atoms with Gasteiger partial charge < -0.3 is 11.1 Å². The molecule has 0 spiro atoms. The maximum absolute atomic E-state index is 12.3. The largest absolute Gasteiger partial charge is 0.396 e. The van der Waals surface area contributed by atoms with E-state index in [2.05, 4.69) is 17.2 Å². The number of carbonyl (C=O) groups is 1. The Bertz CT molecular complexity index is 647. The molecule has 1 saturated heterocycles. The minimum absolute atomic E-state index is 0.0841. The second-order valence-electron chi connectivity index (χ2n) is 5.28. The zero-order chi connectivity index (χ0) is 14.2. The number of aromatic nitrogens is 1. The normalized spacial score (nSPS) is 22.2. The molecule has 4 nitrogen and oxygen atoms in total. The Morgan fingerprint density at radius 1 is 1.60 bits per heavy atom. The Morgan fingerprint density at radius 3 is 3.15 bits per heavy atom. The molecule has 106 valence electrons. The van der Waals surface area contributed by atoms with Crippen LogP contribution in [0, 0.1) is 0 Å². The van der Waals surface area contributed by atoms with Gasteiger partial charge in [0, 0.05) is 17.5 Å². The fourth-order valence-electron chi connectivity index (χ4n) is 2.44. The van der Waals surface area contributed by atoms with Crippen molar-refractivity contribution in [1.82, 2.24) is 10.3 Å². The number of rotatable bonds is 3. The second kappa shape index (κ2) is 5.26. The minimum Gasteiger partial charge on any atom is -0.396 e. The summed E-state index contributed by atoms with van der Waals surface area (Å²) < 4.78 is 1.12. The van der Waals surface area contributed by atoms with E-state index >= 15 is 0 Å². The van der Waals surface area contributed by atoms with E-state index in [1.807, 2.05) is 23.9 Å². The van der Waals surface area contributed by atoms with Crippen LogP contribution >= 0.6 is 23.1 Å². The Labute approximate surface area is 126 Å². The van der Waals surface area contributed by atoms with Gasteiger partial charge in [-0.05, 0) is 37.7 Å². The molecule has 0 saturated carbocycles. The lowest BCUT2D eigenvalue weighted by Gasteiger charge is -2.22. The smallest absolute Gasteiger partial charge is 0.263 e. The minimum atomic E-state index is -0.0841. The van der Waals surface area contributed by atoms with Gasteiger partial charge in [-0.1, -0.05) is 0 Å². The summed E-state index contributed by atoms with van der Waals surface area (Å²) in [5.74, 6) is 1.10. The van der Waals surface area contributed by atoms with Crippen molar-refractivity contribution >= 4 is 44.9 Å². The van der Waals surface area contributed by atoms with E-state index in [1.54, 1.807) is 6.20 Å². The van der Waals surface area contributed by atoms with Crippen LogP contribution in [0.25, 0.3) is 10.2 Å². The SMILES string of the molecule is CC1(CNC(=O)c2sc3cccnc3c2N)CCCS1. The number of fused-ring (bicyclic) bond motifs is 1. The average Bonchev–Trinajstić information content (AvgIpc) is 3.02. The number of nitrogens with zero attached hydrogens (tertiary/aromatic N) is 1. The van der Waals surface area contributed by atoms with Gasteiger partial charge in [-0.25, -0.2) is 0 Å². The van der Waals surface area contributed by atoms with Gasteiger partial charge in [0.15, 0.2) is 0 Å². The number of hydrogen-bond donors (Lipinski definition) is 2. The van der Waals surface area contributed by atoms with Crippen molar-refractivity contribution in [3.05, 3.63) is 23.2 Å². The topological polar surface area (TPSA) is 68.0 Å². The molecule has 3 N–H and O–H groups in total. The average molecular weight is 307 g/mol. The number of nitrogens with two attached hydrogens (primary N) is 1. The van der Waals surface area contributed by atoms with Crippen molar-refractivity contribution in [3.8, 4) is 0 Å². The van der Waals surface area contributed by atoms with Crippen molar-refractivity contribution < 1.29 is 4.79 Å². The van der Waals surface area contributed by atoms with Crippen LogP contribution < -0.4 is 11.1 Å². The van der Waals surface area contributed by atoms with Crippen LogP contribution in [0.4, 0.5) is 5.69 Å². The summed E-state index contributed by atoms with van der Waals surface area (Å²) in [4.78, 5) is 17.1. The number of nitrogen functional groups attached to an aromatic ring is 1. The molecule has 1 aliphatic rings. The van der Waals surface area contributed by atoms with E-state index in [0.717, 1.165) is 16.6 Å². The Morgan fingerprint density at radius 2 is 2.45 bits per heavy atom. The maximum atomic E-state index is 12.3. The number of hydrogen-bond acceptors (Lipinski definition) is 5. The molecule has 1 unspecified atom stereocenters. The monoisotopic (exact) mass is 307 g/mol. The van der Waals surface area contributed by atoms with Crippen LogP contribution in [-0.2, 0) is 0 Å². The number of nitrogens with one attached hydrogen (secondary N) is 1. The summed E-state index contributed by atoms with van der Waals surface area (Å²) in [6.07, 6.45) is 4.08. The van der Waals surface area contributed by atoms with Crippen molar-refractivity contribution in [3.63, 3.8) is 0 Å². The molecule has 1 fully saturated rings. The molecule has 0 aromatic carbocycles. The van der Waals surface area contributed by atoms with Gasteiger partial charge in [0.2, 0.25) is 0 Å². The highest BCUT2D eigenvalue weighted by Gasteiger charge is 2.30. The van der Waals surface area contributed by atoms with Gasteiger partial charge in [0.05, 0.1) is 10.4 Å². The summed E-state index contributed by atoms with van der Waals surface area (Å²) in [5.41, 5.74) is 7.26. The fraction of sp³-hybridized carbons (Fsp3) is 0.429. The predicted molar refractivity (Wildman–Crippen MR) is 86.5 cm³/mol. The standard InChI is InChI=1S/C14H17N3OS2/c1-14(5-3-7-19-14)8-17-13(18)12-10(15)11-9(20-12)4-2-6-16-11/h2,4,6H,3,5,7-8,15H2,1H3,(H,17,18). The number of carbonyl (C=O) groups excluding carboxylic acids is 1. The molecular weight excluding hydrogens is 290 g/mol. The highest BCUT2D eigenvalue weighted by molar-refractivity contribution is 8.00. The first-order chi connectivity index (χ1) is 9.59. The van der Waals surface area contributed by atoms with Crippen LogP contribution in [0.2, 0.25) is 0 Å². The predicted octanol–water partition coefficient (Wildman–Crippen LogP) is 2.89.